The van der Waals surface area contributed by atoms with Crippen LogP contribution in [0.2, 0.25) is 0 Å². The van der Waals surface area contributed by atoms with Crippen molar-refractivity contribution in [2.75, 3.05) is 13.2 Å². The van der Waals surface area contributed by atoms with E-state index in [1.807, 2.05) is 0 Å². The maximum atomic E-state index is 13.0. The van der Waals surface area contributed by atoms with Crippen molar-refractivity contribution in [3.05, 3.63) is 155 Å². The fourth-order valence-corrected chi connectivity index (χ4v) is 5.17. The van der Waals surface area contributed by atoms with Gasteiger partial charge >= 0.3 is 25.0 Å². The highest BCUT2D eigenvalue weighted by Crippen LogP contribution is 2.31. The lowest BCUT2D eigenvalue weighted by molar-refractivity contribution is -0.137. The van der Waals surface area contributed by atoms with Crippen LogP contribution in [0.1, 0.15) is 62.1 Å². The van der Waals surface area contributed by atoms with E-state index in [0.717, 1.165) is 11.6 Å². The summed E-state index contributed by atoms with van der Waals surface area (Å²) < 4.78 is 33.3. The molecular formula is C43H41BO12. The zero-order chi connectivity index (χ0) is 40.0. The van der Waals surface area contributed by atoms with Gasteiger partial charge in [-0.2, -0.15) is 0 Å². The molecule has 5 rings (SSSR count). The summed E-state index contributed by atoms with van der Waals surface area (Å²) in [7, 11) is -1.55. The first-order chi connectivity index (χ1) is 27.0. The monoisotopic (exact) mass is 760 g/mol. The van der Waals surface area contributed by atoms with Crippen LogP contribution in [-0.2, 0) is 16.1 Å². The Bertz CT molecular complexity index is 2100. The molecule has 0 bridgehead atoms. The van der Waals surface area contributed by atoms with Crippen LogP contribution in [0.15, 0.2) is 122 Å². The number of aliphatic hydroxyl groups is 1. The summed E-state index contributed by atoms with van der Waals surface area (Å²) in [5.41, 5.74) is 3.50. The maximum Gasteiger partial charge on any atom is 0.488 e. The molecule has 5 aromatic rings. The summed E-state index contributed by atoms with van der Waals surface area (Å²) in [6.45, 7) is 7.84. The predicted molar refractivity (Wildman–Crippen MR) is 207 cm³/mol. The molecule has 56 heavy (non-hydrogen) atoms. The molecule has 1 unspecified atom stereocenters. The number of aliphatic hydroxyl groups excluding tert-OH is 1. The second-order valence-electron chi connectivity index (χ2n) is 12.5. The Kier molecular flexibility index (Phi) is 14.4. The number of carbonyl (C=O) groups excluding carboxylic acids is 3. The second kappa shape index (κ2) is 19.8. The van der Waals surface area contributed by atoms with Gasteiger partial charge in [0.15, 0.2) is 0 Å². The summed E-state index contributed by atoms with van der Waals surface area (Å²) in [6.07, 6.45) is 1.21. The topological polar surface area (TPSA) is 167 Å². The van der Waals surface area contributed by atoms with Gasteiger partial charge in [0.2, 0.25) is 6.29 Å². The highest BCUT2D eigenvalue weighted by molar-refractivity contribution is 6.58. The Morgan fingerprint density at radius 2 is 1.16 bits per heavy atom. The fourth-order valence-electron chi connectivity index (χ4n) is 5.17. The molecule has 0 radical (unpaired) electrons. The van der Waals surface area contributed by atoms with E-state index in [-0.39, 0.29) is 12.2 Å². The van der Waals surface area contributed by atoms with Gasteiger partial charge in [-0.3, -0.25) is 0 Å². The average molecular weight is 761 g/mol. The van der Waals surface area contributed by atoms with Crippen LogP contribution in [0, 0.1) is 13.8 Å². The molecule has 0 aliphatic carbocycles. The van der Waals surface area contributed by atoms with Crippen LogP contribution in [0.5, 0.6) is 28.7 Å². The number of benzene rings is 5. The van der Waals surface area contributed by atoms with Crippen molar-refractivity contribution in [3.8, 4) is 28.7 Å². The Morgan fingerprint density at radius 1 is 0.661 bits per heavy atom. The summed E-state index contributed by atoms with van der Waals surface area (Å²) in [5.74, 6) is 0.505. The highest BCUT2D eigenvalue weighted by atomic mass is 16.6. The molecule has 13 heteroatoms. The van der Waals surface area contributed by atoms with Gasteiger partial charge in [0.25, 0.3) is 0 Å². The van der Waals surface area contributed by atoms with E-state index in [2.05, 4.69) is 6.58 Å². The van der Waals surface area contributed by atoms with E-state index in [1.54, 1.807) is 111 Å². The van der Waals surface area contributed by atoms with Gasteiger partial charge in [-0.05, 0) is 134 Å². The number of ether oxygens (including phenoxy) is 6. The standard InChI is InChI=1S/C43H41BO12/c1-4-40(45)52-26-6-5-25-51-35-17-11-32(12-18-35)41(46)54-37-19-13-33(14-20-37)43(48)56-39-24-23-38(28(2)29(39)3)55-42(47)31-9-7-30(8-10-31)27-53-36-21-15-34(16-22-36)44(49)50/h4,7-24,41,46,49-50H,1,5-6,25-27H2,2-3H3. The molecule has 3 N–H and O–H groups in total. The smallest absolute Gasteiger partial charge is 0.488 e. The van der Waals surface area contributed by atoms with Crippen molar-refractivity contribution < 1.29 is 58.0 Å². The molecule has 12 nitrogen and oxygen atoms in total. The van der Waals surface area contributed by atoms with Gasteiger partial charge in [0, 0.05) is 11.6 Å². The minimum atomic E-state index is -1.55. The molecule has 0 amide bonds. The molecule has 0 saturated carbocycles. The molecule has 0 saturated heterocycles. The van der Waals surface area contributed by atoms with Crippen molar-refractivity contribution in [1.29, 1.82) is 0 Å². The summed E-state index contributed by atoms with van der Waals surface area (Å²) in [5, 5.41) is 29.1. The number of hydrogen-bond donors (Lipinski definition) is 3. The van der Waals surface area contributed by atoms with Crippen LogP contribution < -0.4 is 29.1 Å². The highest BCUT2D eigenvalue weighted by Gasteiger charge is 2.18. The first-order valence-corrected chi connectivity index (χ1v) is 17.7. The zero-order valence-electron chi connectivity index (χ0n) is 30.9. The fraction of sp³-hybridized carbons (Fsp3) is 0.186. The number of carbonyl (C=O) groups is 3. The normalized spacial score (nSPS) is 11.2. The lowest BCUT2D eigenvalue weighted by atomic mass is 9.80. The quantitative estimate of drug-likeness (QED) is 0.0240. The van der Waals surface area contributed by atoms with Crippen molar-refractivity contribution in [2.45, 2.75) is 39.6 Å². The van der Waals surface area contributed by atoms with Gasteiger partial charge in [0.1, 0.15) is 35.4 Å². The van der Waals surface area contributed by atoms with E-state index in [0.29, 0.717) is 82.5 Å². The van der Waals surface area contributed by atoms with Crippen LogP contribution in [0.4, 0.5) is 0 Å². The Labute approximate surface area is 324 Å². The predicted octanol–water partition coefficient (Wildman–Crippen LogP) is 5.96. The number of unbranched alkanes of at least 4 members (excludes halogenated alkanes) is 1. The average Bonchev–Trinajstić information content (AvgIpc) is 3.21. The van der Waals surface area contributed by atoms with Crippen LogP contribution in [0.3, 0.4) is 0 Å². The Hall–Kier alpha value is -6.41. The summed E-state index contributed by atoms with van der Waals surface area (Å²) in [4.78, 5) is 37.0. The van der Waals surface area contributed by atoms with E-state index in [1.165, 1.54) is 12.1 Å². The molecule has 0 heterocycles. The number of rotatable bonds is 18. The molecular weight excluding hydrogens is 719 g/mol. The third-order valence-corrected chi connectivity index (χ3v) is 8.59. The lowest BCUT2D eigenvalue weighted by Crippen LogP contribution is -2.29. The van der Waals surface area contributed by atoms with Crippen molar-refractivity contribution >= 4 is 30.5 Å². The number of esters is 3. The zero-order valence-corrected chi connectivity index (χ0v) is 30.9. The third kappa shape index (κ3) is 11.5. The first-order valence-electron chi connectivity index (χ1n) is 17.7. The molecule has 0 aliphatic rings. The van der Waals surface area contributed by atoms with Gasteiger partial charge in [-0.1, -0.05) is 30.8 Å². The molecule has 0 fully saturated rings. The summed E-state index contributed by atoms with van der Waals surface area (Å²) in [6, 6.07) is 29.2. The van der Waals surface area contributed by atoms with Crippen molar-refractivity contribution in [1.82, 2.24) is 0 Å². The van der Waals surface area contributed by atoms with Crippen LogP contribution in [0.25, 0.3) is 0 Å². The lowest BCUT2D eigenvalue weighted by Gasteiger charge is -2.15. The SMILES string of the molecule is C=CC(=O)OCCCCOc1ccc(C(O)Oc2ccc(C(=O)Oc3ccc(OC(=O)c4ccc(COc5ccc(B(O)O)cc5)cc4)c(C)c3C)cc2)cc1. The Balaban J connectivity index is 1.08. The molecule has 5 aromatic carbocycles. The minimum Gasteiger partial charge on any atom is -0.494 e. The van der Waals surface area contributed by atoms with Crippen LogP contribution in [-0.4, -0.2) is 53.4 Å². The first kappa shape index (κ1) is 40.8. The van der Waals surface area contributed by atoms with Crippen LogP contribution >= 0.6 is 0 Å². The van der Waals surface area contributed by atoms with E-state index in [4.69, 9.17) is 28.4 Å². The summed E-state index contributed by atoms with van der Waals surface area (Å²) >= 11 is 0. The maximum absolute atomic E-state index is 13.0. The van der Waals surface area contributed by atoms with Gasteiger partial charge in [-0.25, -0.2) is 14.4 Å². The Morgan fingerprint density at radius 3 is 1.71 bits per heavy atom. The van der Waals surface area contributed by atoms with E-state index >= 15 is 0 Å². The minimum absolute atomic E-state index is 0.241. The van der Waals surface area contributed by atoms with E-state index in [9.17, 15) is 29.5 Å². The molecule has 0 spiro atoms. The molecule has 0 aliphatic heterocycles. The van der Waals surface area contributed by atoms with Crippen molar-refractivity contribution in [3.63, 3.8) is 0 Å². The van der Waals surface area contributed by atoms with Gasteiger partial charge in [0.05, 0.1) is 24.3 Å². The molecule has 1 atom stereocenters. The van der Waals surface area contributed by atoms with Gasteiger partial charge in [-0.15, -0.1) is 0 Å². The molecule has 0 aromatic heterocycles. The van der Waals surface area contributed by atoms with Crippen molar-refractivity contribution in [2.24, 2.45) is 0 Å². The number of hydrogen-bond acceptors (Lipinski definition) is 12. The largest absolute Gasteiger partial charge is 0.494 e. The van der Waals surface area contributed by atoms with Gasteiger partial charge < -0.3 is 43.6 Å². The van der Waals surface area contributed by atoms with E-state index < -0.39 is 31.3 Å². The third-order valence-electron chi connectivity index (χ3n) is 8.59. The molecule has 288 valence electrons. The second-order valence-corrected chi connectivity index (χ2v) is 12.5.